The zero-order chi connectivity index (χ0) is 8.39. The standard InChI is InChI=1S/C10H12ClN/c11-9-5-2-1-4-8(9)10-6-3-7-12-10/h1-2,4-5,10,12H,3,6-7H2/t10-/m0/s1. The highest BCUT2D eigenvalue weighted by Gasteiger charge is 2.17. The topological polar surface area (TPSA) is 12.0 Å². The van der Waals surface area contributed by atoms with E-state index >= 15 is 0 Å². The fraction of sp³-hybridized carbons (Fsp3) is 0.400. The van der Waals surface area contributed by atoms with Crippen molar-refractivity contribution in [3.8, 4) is 0 Å². The molecular formula is C10H12ClN. The maximum absolute atomic E-state index is 6.06. The minimum Gasteiger partial charge on any atom is -0.310 e. The molecule has 1 aromatic rings. The van der Waals surface area contributed by atoms with Gasteiger partial charge >= 0.3 is 0 Å². The van der Waals surface area contributed by atoms with Gasteiger partial charge in [0, 0.05) is 11.1 Å². The molecule has 2 heteroatoms. The molecule has 0 amide bonds. The van der Waals surface area contributed by atoms with Crippen LogP contribution >= 0.6 is 11.6 Å². The Hall–Kier alpha value is -0.530. The van der Waals surface area contributed by atoms with Gasteiger partial charge in [0.05, 0.1) is 0 Å². The zero-order valence-corrected chi connectivity index (χ0v) is 7.64. The number of rotatable bonds is 1. The molecule has 1 nitrogen and oxygen atoms in total. The Balaban J connectivity index is 2.26. The van der Waals surface area contributed by atoms with Crippen LogP contribution in [0.15, 0.2) is 24.3 Å². The van der Waals surface area contributed by atoms with Crippen molar-refractivity contribution in [1.82, 2.24) is 5.32 Å². The Morgan fingerprint density at radius 3 is 2.83 bits per heavy atom. The van der Waals surface area contributed by atoms with E-state index in [4.69, 9.17) is 11.6 Å². The second kappa shape index (κ2) is 3.46. The summed E-state index contributed by atoms with van der Waals surface area (Å²) in [6.45, 7) is 1.12. The third kappa shape index (κ3) is 1.47. The van der Waals surface area contributed by atoms with Gasteiger partial charge in [-0.3, -0.25) is 0 Å². The van der Waals surface area contributed by atoms with E-state index in [2.05, 4.69) is 11.4 Å². The van der Waals surface area contributed by atoms with Gasteiger partial charge in [0.1, 0.15) is 0 Å². The molecule has 0 aliphatic carbocycles. The summed E-state index contributed by atoms with van der Waals surface area (Å²) in [5.41, 5.74) is 1.25. The van der Waals surface area contributed by atoms with E-state index in [-0.39, 0.29) is 0 Å². The van der Waals surface area contributed by atoms with Crippen LogP contribution in [0.5, 0.6) is 0 Å². The van der Waals surface area contributed by atoms with Gasteiger partial charge in [-0.25, -0.2) is 0 Å². The molecule has 1 atom stereocenters. The molecule has 1 aromatic carbocycles. The molecule has 0 spiro atoms. The van der Waals surface area contributed by atoms with E-state index in [1.54, 1.807) is 0 Å². The molecule has 0 bridgehead atoms. The molecule has 1 aliphatic heterocycles. The first-order chi connectivity index (χ1) is 5.88. The lowest BCUT2D eigenvalue weighted by molar-refractivity contribution is 0.648. The van der Waals surface area contributed by atoms with Crippen molar-refractivity contribution in [2.24, 2.45) is 0 Å². The highest BCUT2D eigenvalue weighted by molar-refractivity contribution is 6.31. The van der Waals surface area contributed by atoms with Crippen molar-refractivity contribution in [2.45, 2.75) is 18.9 Å². The molecular weight excluding hydrogens is 170 g/mol. The predicted molar refractivity (Wildman–Crippen MR) is 51.4 cm³/mol. The smallest absolute Gasteiger partial charge is 0.0453 e. The lowest BCUT2D eigenvalue weighted by Gasteiger charge is -2.11. The van der Waals surface area contributed by atoms with Crippen molar-refractivity contribution < 1.29 is 0 Å². The summed E-state index contributed by atoms with van der Waals surface area (Å²) in [6, 6.07) is 8.56. The van der Waals surface area contributed by atoms with Crippen molar-refractivity contribution >= 4 is 11.6 Å². The Kier molecular flexibility index (Phi) is 2.33. The van der Waals surface area contributed by atoms with E-state index in [1.807, 2.05) is 18.2 Å². The fourth-order valence-corrected chi connectivity index (χ4v) is 1.98. The Morgan fingerprint density at radius 2 is 2.17 bits per heavy atom. The highest BCUT2D eigenvalue weighted by Crippen LogP contribution is 2.28. The SMILES string of the molecule is Clc1ccccc1[C@@H]1CCCN1. The van der Waals surface area contributed by atoms with Crippen LogP contribution in [0, 0.1) is 0 Å². The summed E-state index contributed by atoms with van der Waals surface area (Å²) in [7, 11) is 0. The fourth-order valence-electron chi connectivity index (χ4n) is 1.71. The first-order valence-corrected chi connectivity index (χ1v) is 4.73. The maximum Gasteiger partial charge on any atom is 0.0453 e. The van der Waals surface area contributed by atoms with Gasteiger partial charge in [-0.15, -0.1) is 0 Å². The largest absolute Gasteiger partial charge is 0.310 e. The number of halogens is 1. The molecule has 0 aromatic heterocycles. The van der Waals surface area contributed by atoms with Crippen LogP contribution in [-0.2, 0) is 0 Å². The zero-order valence-electron chi connectivity index (χ0n) is 6.89. The lowest BCUT2D eigenvalue weighted by atomic mass is 10.1. The molecule has 12 heavy (non-hydrogen) atoms. The third-order valence-corrected chi connectivity index (χ3v) is 2.69. The number of hydrogen-bond donors (Lipinski definition) is 1. The second-order valence-electron chi connectivity index (χ2n) is 3.17. The van der Waals surface area contributed by atoms with Gasteiger partial charge in [0.15, 0.2) is 0 Å². The minimum atomic E-state index is 0.485. The molecule has 1 N–H and O–H groups in total. The first-order valence-electron chi connectivity index (χ1n) is 4.36. The number of hydrogen-bond acceptors (Lipinski definition) is 1. The Bertz CT molecular complexity index is 266. The molecule has 1 saturated heterocycles. The Morgan fingerprint density at radius 1 is 1.33 bits per heavy atom. The molecule has 0 radical (unpaired) electrons. The Labute approximate surface area is 77.7 Å². The van der Waals surface area contributed by atoms with Gasteiger partial charge in [-0.1, -0.05) is 29.8 Å². The molecule has 64 valence electrons. The molecule has 1 heterocycles. The number of benzene rings is 1. The van der Waals surface area contributed by atoms with E-state index < -0.39 is 0 Å². The van der Waals surface area contributed by atoms with E-state index in [9.17, 15) is 0 Å². The van der Waals surface area contributed by atoms with Crippen molar-refractivity contribution in [3.05, 3.63) is 34.9 Å². The summed E-state index contributed by atoms with van der Waals surface area (Å²) in [4.78, 5) is 0. The van der Waals surface area contributed by atoms with Gasteiger partial charge in [0.25, 0.3) is 0 Å². The van der Waals surface area contributed by atoms with Crippen LogP contribution in [-0.4, -0.2) is 6.54 Å². The quantitative estimate of drug-likeness (QED) is 0.703. The lowest BCUT2D eigenvalue weighted by Crippen LogP contribution is -2.12. The van der Waals surface area contributed by atoms with Crippen molar-refractivity contribution in [1.29, 1.82) is 0 Å². The predicted octanol–water partition coefficient (Wildman–Crippen LogP) is 2.76. The van der Waals surface area contributed by atoms with Crippen LogP contribution in [0.25, 0.3) is 0 Å². The molecule has 1 fully saturated rings. The van der Waals surface area contributed by atoms with Gasteiger partial charge in [-0.2, -0.15) is 0 Å². The summed E-state index contributed by atoms with van der Waals surface area (Å²) >= 11 is 6.06. The monoisotopic (exact) mass is 181 g/mol. The minimum absolute atomic E-state index is 0.485. The average molecular weight is 182 g/mol. The van der Waals surface area contributed by atoms with Gasteiger partial charge in [-0.05, 0) is 31.0 Å². The summed E-state index contributed by atoms with van der Waals surface area (Å²) < 4.78 is 0. The van der Waals surface area contributed by atoms with E-state index in [0.29, 0.717) is 6.04 Å². The molecule has 1 aliphatic rings. The second-order valence-corrected chi connectivity index (χ2v) is 3.58. The van der Waals surface area contributed by atoms with Crippen LogP contribution in [0.1, 0.15) is 24.4 Å². The van der Waals surface area contributed by atoms with Crippen LogP contribution in [0.2, 0.25) is 5.02 Å². The average Bonchev–Trinajstić information content (AvgIpc) is 2.57. The molecule has 0 unspecified atom stereocenters. The summed E-state index contributed by atoms with van der Waals surface area (Å²) in [5, 5.41) is 4.32. The van der Waals surface area contributed by atoms with Gasteiger partial charge < -0.3 is 5.32 Å². The number of nitrogens with one attached hydrogen (secondary N) is 1. The summed E-state index contributed by atoms with van der Waals surface area (Å²) in [5.74, 6) is 0. The molecule has 0 saturated carbocycles. The van der Waals surface area contributed by atoms with Crippen LogP contribution in [0.3, 0.4) is 0 Å². The van der Waals surface area contributed by atoms with E-state index in [1.165, 1.54) is 18.4 Å². The normalized spacial score (nSPS) is 22.9. The maximum atomic E-state index is 6.06. The van der Waals surface area contributed by atoms with Crippen molar-refractivity contribution in [2.75, 3.05) is 6.54 Å². The van der Waals surface area contributed by atoms with Crippen LogP contribution < -0.4 is 5.32 Å². The highest BCUT2D eigenvalue weighted by atomic mass is 35.5. The van der Waals surface area contributed by atoms with E-state index in [0.717, 1.165) is 11.6 Å². The molecule has 2 rings (SSSR count). The van der Waals surface area contributed by atoms with Crippen LogP contribution in [0.4, 0.5) is 0 Å². The van der Waals surface area contributed by atoms with Gasteiger partial charge in [0.2, 0.25) is 0 Å². The first kappa shape index (κ1) is 8.09. The third-order valence-electron chi connectivity index (χ3n) is 2.34. The van der Waals surface area contributed by atoms with Crippen molar-refractivity contribution in [3.63, 3.8) is 0 Å². The summed E-state index contributed by atoms with van der Waals surface area (Å²) in [6.07, 6.45) is 2.47.